The number of nitrogens with one attached hydrogen (secondary N) is 3. The van der Waals surface area contributed by atoms with Crippen LogP contribution in [0, 0.1) is 5.92 Å². The van der Waals surface area contributed by atoms with E-state index >= 15 is 0 Å². The van der Waals surface area contributed by atoms with Gasteiger partial charge in [0.05, 0.1) is 5.69 Å². The normalized spacial score (nSPS) is 22.0. The molecule has 8 heteroatoms. The number of nitrogens with zero attached hydrogens (tertiary/aromatic N) is 1. The van der Waals surface area contributed by atoms with Gasteiger partial charge in [-0.05, 0) is 43.1 Å². The molecule has 3 rings (SSSR count). The number of carbonyl (C=O) groups is 2. The van der Waals surface area contributed by atoms with E-state index in [1.165, 1.54) is 24.2 Å². The predicted molar refractivity (Wildman–Crippen MR) is 103 cm³/mol. The monoisotopic (exact) mass is 376 g/mol. The molecule has 1 aromatic rings. The maximum Gasteiger partial charge on any atom is 0.265 e. The van der Waals surface area contributed by atoms with Crippen LogP contribution in [0.5, 0.6) is 5.75 Å². The number of thiocarbonyl (C=S) groups is 1. The quantitative estimate of drug-likeness (QED) is 0.548. The first kappa shape index (κ1) is 18.4. The Bertz CT molecular complexity index is 697. The zero-order chi connectivity index (χ0) is 18.5. The standard InChI is InChI=1S/C18H24N4O3S/c1-12-6-2-3-7-13(12)19-18(26)21-20-16(23)10-22-14-8-4-5-9-15(14)25-11-17(22)24/h4-5,8-9,12-13H,2-3,6-7,10-11H2,1H3,(H,20,23)(H2,19,21,26)/t12-,13-/m1/s1. The minimum atomic E-state index is -0.351. The van der Waals surface area contributed by atoms with Gasteiger partial charge in [0.15, 0.2) is 11.7 Å². The average Bonchev–Trinajstić information content (AvgIpc) is 2.64. The number of ether oxygens (including phenoxy) is 1. The molecule has 0 spiro atoms. The van der Waals surface area contributed by atoms with Crippen molar-refractivity contribution >= 4 is 34.8 Å². The lowest BCUT2D eigenvalue weighted by Gasteiger charge is -2.31. The Morgan fingerprint density at radius 2 is 2.04 bits per heavy atom. The van der Waals surface area contributed by atoms with E-state index in [9.17, 15) is 9.59 Å². The lowest BCUT2D eigenvalue weighted by Crippen LogP contribution is -2.54. The van der Waals surface area contributed by atoms with Crippen LogP contribution in [0.2, 0.25) is 0 Å². The van der Waals surface area contributed by atoms with Gasteiger partial charge in [-0.1, -0.05) is 31.9 Å². The molecule has 2 amide bonds. The third-order valence-corrected chi connectivity index (χ3v) is 5.07. The van der Waals surface area contributed by atoms with Gasteiger partial charge >= 0.3 is 0 Å². The Balaban J connectivity index is 1.50. The molecule has 140 valence electrons. The summed E-state index contributed by atoms with van der Waals surface area (Å²) in [6, 6.07) is 7.48. The fourth-order valence-electron chi connectivity index (χ4n) is 3.37. The average molecular weight is 376 g/mol. The highest BCUT2D eigenvalue weighted by atomic mass is 32.1. The van der Waals surface area contributed by atoms with E-state index in [1.807, 2.05) is 6.07 Å². The molecular weight excluding hydrogens is 352 g/mol. The minimum Gasteiger partial charge on any atom is -0.482 e. The summed E-state index contributed by atoms with van der Waals surface area (Å²) in [5.74, 6) is 0.546. The van der Waals surface area contributed by atoms with Crippen LogP contribution < -0.4 is 25.8 Å². The molecule has 1 aromatic carbocycles. The topological polar surface area (TPSA) is 82.7 Å². The molecular formula is C18H24N4O3S. The second kappa shape index (κ2) is 8.35. The Labute approximate surface area is 158 Å². The van der Waals surface area contributed by atoms with Crippen molar-refractivity contribution in [2.45, 2.75) is 38.6 Å². The van der Waals surface area contributed by atoms with E-state index in [-0.39, 0.29) is 25.0 Å². The maximum absolute atomic E-state index is 12.2. The van der Waals surface area contributed by atoms with Crippen LogP contribution in [0.1, 0.15) is 32.6 Å². The maximum atomic E-state index is 12.2. The Kier molecular flexibility index (Phi) is 5.92. The van der Waals surface area contributed by atoms with Gasteiger partial charge in [0.2, 0.25) is 0 Å². The number of carbonyl (C=O) groups excluding carboxylic acids is 2. The molecule has 0 saturated heterocycles. The summed E-state index contributed by atoms with van der Waals surface area (Å²) < 4.78 is 5.37. The second-order valence-corrected chi connectivity index (χ2v) is 7.16. The highest BCUT2D eigenvalue weighted by Gasteiger charge is 2.27. The van der Waals surface area contributed by atoms with E-state index < -0.39 is 0 Å². The SMILES string of the molecule is C[C@@H]1CCCC[C@H]1NC(=S)NNC(=O)CN1C(=O)COc2ccccc21. The van der Waals surface area contributed by atoms with Crippen molar-refractivity contribution < 1.29 is 14.3 Å². The summed E-state index contributed by atoms with van der Waals surface area (Å²) >= 11 is 5.26. The van der Waals surface area contributed by atoms with Gasteiger partial charge in [0, 0.05) is 6.04 Å². The molecule has 0 bridgehead atoms. The molecule has 26 heavy (non-hydrogen) atoms. The number of hydrogen-bond donors (Lipinski definition) is 3. The fourth-order valence-corrected chi connectivity index (χ4v) is 3.57. The first-order valence-corrected chi connectivity index (χ1v) is 9.33. The summed E-state index contributed by atoms with van der Waals surface area (Å²) in [6.07, 6.45) is 4.71. The molecule has 2 aliphatic rings. The van der Waals surface area contributed by atoms with Crippen molar-refractivity contribution in [2.75, 3.05) is 18.1 Å². The Morgan fingerprint density at radius 1 is 1.27 bits per heavy atom. The van der Waals surface area contributed by atoms with Gasteiger partial charge in [-0.25, -0.2) is 0 Å². The number of amides is 2. The van der Waals surface area contributed by atoms with Crippen molar-refractivity contribution in [3.05, 3.63) is 24.3 Å². The number of hydrazine groups is 1. The van der Waals surface area contributed by atoms with Crippen molar-refractivity contribution in [1.82, 2.24) is 16.2 Å². The van der Waals surface area contributed by atoms with Crippen LogP contribution in [-0.2, 0) is 9.59 Å². The third kappa shape index (κ3) is 4.43. The van der Waals surface area contributed by atoms with E-state index in [2.05, 4.69) is 23.1 Å². The van der Waals surface area contributed by atoms with Gasteiger partial charge in [0.25, 0.3) is 11.8 Å². The molecule has 1 fully saturated rings. The van der Waals surface area contributed by atoms with E-state index in [4.69, 9.17) is 17.0 Å². The van der Waals surface area contributed by atoms with Crippen LogP contribution in [0.15, 0.2) is 24.3 Å². The number of rotatable bonds is 3. The molecule has 1 heterocycles. The van der Waals surface area contributed by atoms with Gasteiger partial charge in [0.1, 0.15) is 12.3 Å². The Hall–Kier alpha value is -2.35. The number of benzene rings is 1. The van der Waals surface area contributed by atoms with E-state index in [0.29, 0.717) is 28.5 Å². The van der Waals surface area contributed by atoms with Crippen LogP contribution in [-0.4, -0.2) is 36.1 Å². The smallest absolute Gasteiger partial charge is 0.265 e. The second-order valence-electron chi connectivity index (χ2n) is 6.75. The van der Waals surface area contributed by atoms with Gasteiger partial charge in [-0.15, -0.1) is 0 Å². The molecule has 0 radical (unpaired) electrons. The summed E-state index contributed by atoms with van der Waals surface area (Å²) in [6.45, 7) is 2.03. The molecule has 1 aliphatic carbocycles. The first-order chi connectivity index (χ1) is 12.5. The predicted octanol–water partition coefficient (Wildman–Crippen LogP) is 1.49. The molecule has 1 aliphatic heterocycles. The first-order valence-electron chi connectivity index (χ1n) is 8.92. The minimum absolute atomic E-state index is 0.0722. The molecule has 1 saturated carbocycles. The molecule has 3 N–H and O–H groups in total. The Morgan fingerprint density at radius 3 is 2.85 bits per heavy atom. The molecule has 0 unspecified atom stereocenters. The van der Waals surface area contributed by atoms with Crippen LogP contribution in [0.4, 0.5) is 5.69 Å². The highest BCUT2D eigenvalue weighted by Crippen LogP contribution is 2.31. The summed E-state index contributed by atoms with van der Waals surface area (Å²) in [5.41, 5.74) is 5.88. The van der Waals surface area contributed by atoms with Crippen LogP contribution >= 0.6 is 12.2 Å². The van der Waals surface area contributed by atoms with Crippen molar-refractivity contribution in [3.8, 4) is 5.75 Å². The summed E-state index contributed by atoms with van der Waals surface area (Å²) in [5, 5.41) is 3.65. The van der Waals surface area contributed by atoms with Gasteiger partial charge in [-0.2, -0.15) is 0 Å². The summed E-state index contributed by atoms with van der Waals surface area (Å²) in [7, 11) is 0. The third-order valence-electron chi connectivity index (χ3n) is 4.85. The fraction of sp³-hybridized carbons (Fsp3) is 0.500. The summed E-state index contributed by atoms with van der Waals surface area (Å²) in [4.78, 5) is 25.7. The van der Waals surface area contributed by atoms with Crippen molar-refractivity contribution in [1.29, 1.82) is 0 Å². The number of para-hydroxylation sites is 2. The van der Waals surface area contributed by atoms with E-state index in [1.54, 1.807) is 18.2 Å². The molecule has 7 nitrogen and oxygen atoms in total. The lowest BCUT2D eigenvalue weighted by molar-refractivity contribution is -0.125. The number of anilines is 1. The van der Waals surface area contributed by atoms with Gasteiger partial charge < -0.3 is 10.1 Å². The van der Waals surface area contributed by atoms with Crippen molar-refractivity contribution in [3.63, 3.8) is 0 Å². The van der Waals surface area contributed by atoms with E-state index in [0.717, 1.165) is 6.42 Å². The zero-order valence-corrected chi connectivity index (χ0v) is 15.6. The number of fused-ring (bicyclic) bond motifs is 1. The zero-order valence-electron chi connectivity index (χ0n) is 14.8. The largest absolute Gasteiger partial charge is 0.482 e. The highest BCUT2D eigenvalue weighted by molar-refractivity contribution is 7.80. The van der Waals surface area contributed by atoms with Crippen LogP contribution in [0.25, 0.3) is 0 Å². The van der Waals surface area contributed by atoms with Gasteiger partial charge in [-0.3, -0.25) is 25.3 Å². The molecule has 2 atom stereocenters. The van der Waals surface area contributed by atoms with Crippen molar-refractivity contribution in [2.24, 2.45) is 5.92 Å². The lowest BCUT2D eigenvalue weighted by atomic mass is 9.86. The number of hydrogen-bond acceptors (Lipinski definition) is 4. The van der Waals surface area contributed by atoms with Crippen LogP contribution in [0.3, 0.4) is 0 Å². The molecule has 0 aromatic heterocycles.